The van der Waals surface area contributed by atoms with E-state index in [1.807, 2.05) is 13.8 Å². The molecule has 0 saturated carbocycles. The van der Waals surface area contributed by atoms with Gasteiger partial charge in [-0.25, -0.2) is 9.07 Å². The Morgan fingerprint density at radius 1 is 1.23 bits per heavy atom. The van der Waals surface area contributed by atoms with Crippen molar-refractivity contribution >= 4 is 40.3 Å². The summed E-state index contributed by atoms with van der Waals surface area (Å²) in [6.07, 6.45) is 5.21. The fourth-order valence-electron chi connectivity index (χ4n) is 2.77. The summed E-state index contributed by atoms with van der Waals surface area (Å²) in [7, 11) is 0. The Kier molecular flexibility index (Phi) is 5.91. The minimum Gasteiger partial charge on any atom is -0.322 e. The molecule has 0 radical (unpaired) electrons. The molecule has 3 rings (SSSR count). The standard InChI is InChI=1S/C21H20FN5O3/c1-4-18(28)25-17-10-15(6-7-16(17)22)24-19(29)8-5-13-9-14-11-23-27(12(2)3)20(14)26-21(13)30/h4-12H,1H2,2-3H3,(H,24,29)(H,25,28)(H,26,30)/b8-5+. The zero-order valence-corrected chi connectivity index (χ0v) is 16.4. The van der Waals surface area contributed by atoms with Crippen molar-refractivity contribution in [3.05, 3.63) is 70.9 Å². The van der Waals surface area contributed by atoms with Crippen LogP contribution in [0.15, 0.2) is 54.0 Å². The van der Waals surface area contributed by atoms with Crippen molar-refractivity contribution in [2.75, 3.05) is 10.6 Å². The average Bonchev–Trinajstić information content (AvgIpc) is 3.11. The second-order valence-corrected chi connectivity index (χ2v) is 6.75. The first kappa shape index (κ1) is 20.7. The molecule has 8 nitrogen and oxygen atoms in total. The van der Waals surface area contributed by atoms with Crippen molar-refractivity contribution in [2.24, 2.45) is 0 Å². The largest absolute Gasteiger partial charge is 0.322 e. The number of benzene rings is 1. The minimum atomic E-state index is -0.652. The number of rotatable bonds is 6. The second-order valence-electron chi connectivity index (χ2n) is 6.75. The molecule has 2 heterocycles. The molecule has 0 bridgehead atoms. The summed E-state index contributed by atoms with van der Waals surface area (Å²) in [6, 6.07) is 5.47. The van der Waals surface area contributed by atoms with E-state index in [4.69, 9.17) is 0 Å². The third-order valence-electron chi connectivity index (χ3n) is 4.21. The van der Waals surface area contributed by atoms with Crippen molar-refractivity contribution in [1.82, 2.24) is 14.8 Å². The Morgan fingerprint density at radius 3 is 2.70 bits per heavy atom. The Bertz CT molecular complexity index is 1220. The summed E-state index contributed by atoms with van der Waals surface area (Å²) in [5.74, 6) is -1.76. The van der Waals surface area contributed by atoms with Crippen LogP contribution in [0.2, 0.25) is 0 Å². The third kappa shape index (κ3) is 4.52. The quantitative estimate of drug-likeness (QED) is 0.543. The number of carbonyl (C=O) groups excluding carboxylic acids is 2. The lowest BCUT2D eigenvalue weighted by atomic mass is 10.2. The van der Waals surface area contributed by atoms with Crippen molar-refractivity contribution in [1.29, 1.82) is 0 Å². The van der Waals surface area contributed by atoms with Crippen LogP contribution < -0.4 is 16.2 Å². The van der Waals surface area contributed by atoms with Gasteiger partial charge in [-0.1, -0.05) is 6.58 Å². The first-order chi connectivity index (χ1) is 14.3. The van der Waals surface area contributed by atoms with Gasteiger partial charge in [-0.3, -0.25) is 14.4 Å². The predicted octanol–water partition coefficient (Wildman–Crippen LogP) is 3.22. The van der Waals surface area contributed by atoms with E-state index in [9.17, 15) is 18.8 Å². The van der Waals surface area contributed by atoms with Gasteiger partial charge in [0.1, 0.15) is 11.5 Å². The highest BCUT2D eigenvalue weighted by molar-refractivity contribution is 6.03. The van der Waals surface area contributed by atoms with Gasteiger partial charge in [0.15, 0.2) is 0 Å². The van der Waals surface area contributed by atoms with Gasteiger partial charge < -0.3 is 15.6 Å². The normalized spacial score (nSPS) is 11.2. The van der Waals surface area contributed by atoms with Gasteiger partial charge in [0.25, 0.3) is 5.56 Å². The number of aromatic nitrogens is 3. The van der Waals surface area contributed by atoms with E-state index in [-0.39, 0.29) is 23.0 Å². The van der Waals surface area contributed by atoms with E-state index in [2.05, 4.69) is 27.3 Å². The molecule has 30 heavy (non-hydrogen) atoms. The van der Waals surface area contributed by atoms with Crippen molar-refractivity contribution < 1.29 is 14.0 Å². The molecule has 2 aromatic heterocycles. The van der Waals surface area contributed by atoms with E-state index >= 15 is 0 Å². The van der Waals surface area contributed by atoms with E-state index in [0.29, 0.717) is 11.2 Å². The summed E-state index contributed by atoms with van der Waals surface area (Å²) in [6.45, 7) is 7.20. The minimum absolute atomic E-state index is 0.0854. The van der Waals surface area contributed by atoms with Gasteiger partial charge in [0.05, 0.1) is 11.9 Å². The zero-order valence-electron chi connectivity index (χ0n) is 16.4. The summed E-state index contributed by atoms with van der Waals surface area (Å²) >= 11 is 0. The highest BCUT2D eigenvalue weighted by Gasteiger charge is 2.10. The van der Waals surface area contributed by atoms with Crippen LogP contribution in [0.1, 0.15) is 25.5 Å². The molecule has 0 fully saturated rings. The fourth-order valence-corrected chi connectivity index (χ4v) is 2.77. The Balaban J connectivity index is 1.77. The summed E-state index contributed by atoms with van der Waals surface area (Å²) in [5.41, 5.74) is 0.722. The lowest BCUT2D eigenvalue weighted by Crippen LogP contribution is -2.13. The van der Waals surface area contributed by atoms with Crippen LogP contribution >= 0.6 is 0 Å². The number of nitrogens with zero attached hydrogens (tertiary/aromatic N) is 2. The molecule has 0 aliphatic heterocycles. The van der Waals surface area contributed by atoms with E-state index in [1.54, 1.807) is 16.9 Å². The Morgan fingerprint density at radius 2 is 2.00 bits per heavy atom. The molecule has 1 aromatic carbocycles. The molecule has 0 spiro atoms. The number of amides is 2. The van der Waals surface area contributed by atoms with E-state index in [1.165, 1.54) is 24.3 Å². The van der Waals surface area contributed by atoms with Crippen LogP contribution in [0.4, 0.5) is 15.8 Å². The van der Waals surface area contributed by atoms with Gasteiger partial charge >= 0.3 is 0 Å². The molecule has 9 heteroatoms. The lowest BCUT2D eigenvalue weighted by molar-refractivity contribution is -0.112. The molecule has 3 aromatic rings. The summed E-state index contributed by atoms with van der Waals surface area (Å²) in [4.78, 5) is 38.7. The highest BCUT2D eigenvalue weighted by atomic mass is 19.1. The SMILES string of the molecule is C=CC(=O)Nc1cc(NC(=O)/C=C/c2cc3cnn(C(C)C)c3[nH]c2=O)ccc1F. The zero-order chi connectivity index (χ0) is 21.8. The monoisotopic (exact) mass is 409 g/mol. The van der Waals surface area contributed by atoms with Crippen LogP contribution in [0.3, 0.4) is 0 Å². The molecule has 0 aliphatic carbocycles. The first-order valence-corrected chi connectivity index (χ1v) is 9.11. The maximum Gasteiger partial charge on any atom is 0.256 e. The van der Waals surface area contributed by atoms with Crippen molar-refractivity contribution in [2.45, 2.75) is 19.9 Å². The second kappa shape index (κ2) is 8.56. The van der Waals surface area contributed by atoms with Crippen LogP contribution in [0, 0.1) is 5.82 Å². The maximum atomic E-state index is 13.8. The lowest BCUT2D eigenvalue weighted by Gasteiger charge is -2.08. The van der Waals surface area contributed by atoms with Gasteiger partial charge in [-0.15, -0.1) is 0 Å². The highest BCUT2D eigenvalue weighted by Crippen LogP contribution is 2.20. The molecule has 0 aliphatic rings. The summed E-state index contributed by atoms with van der Waals surface area (Å²) < 4.78 is 15.5. The number of aromatic amines is 1. The molecular weight excluding hydrogens is 389 g/mol. The van der Waals surface area contributed by atoms with Gasteiger partial charge in [-0.2, -0.15) is 5.10 Å². The average molecular weight is 409 g/mol. The third-order valence-corrected chi connectivity index (χ3v) is 4.21. The molecule has 154 valence electrons. The number of carbonyl (C=O) groups is 2. The molecular formula is C21H20FN5O3. The number of hydrogen-bond acceptors (Lipinski definition) is 4. The molecule has 0 unspecified atom stereocenters. The number of fused-ring (bicyclic) bond motifs is 1. The van der Waals surface area contributed by atoms with Gasteiger partial charge in [0, 0.05) is 28.8 Å². The number of halogens is 1. The molecule has 0 atom stereocenters. The first-order valence-electron chi connectivity index (χ1n) is 9.11. The Hall–Kier alpha value is -4.01. The number of hydrogen-bond donors (Lipinski definition) is 3. The number of anilines is 2. The molecule has 3 N–H and O–H groups in total. The number of H-pyrrole nitrogens is 1. The van der Waals surface area contributed by atoms with E-state index < -0.39 is 17.6 Å². The smallest absolute Gasteiger partial charge is 0.256 e. The summed E-state index contributed by atoms with van der Waals surface area (Å²) in [5, 5.41) is 9.85. The van der Waals surface area contributed by atoms with Gasteiger partial charge in [-0.05, 0) is 50.3 Å². The van der Waals surface area contributed by atoms with E-state index in [0.717, 1.165) is 17.5 Å². The number of pyridine rings is 1. The van der Waals surface area contributed by atoms with Crippen LogP contribution in [-0.4, -0.2) is 26.6 Å². The van der Waals surface area contributed by atoms with Gasteiger partial charge in [0.2, 0.25) is 11.8 Å². The fraction of sp³-hybridized carbons (Fsp3) is 0.143. The van der Waals surface area contributed by atoms with Crippen molar-refractivity contribution in [3.8, 4) is 0 Å². The molecule has 2 amide bonds. The topological polar surface area (TPSA) is 109 Å². The number of nitrogens with one attached hydrogen (secondary N) is 3. The van der Waals surface area contributed by atoms with Crippen LogP contribution in [0.5, 0.6) is 0 Å². The van der Waals surface area contributed by atoms with Crippen LogP contribution in [0.25, 0.3) is 17.1 Å². The predicted molar refractivity (Wildman–Crippen MR) is 114 cm³/mol. The van der Waals surface area contributed by atoms with Crippen LogP contribution in [-0.2, 0) is 9.59 Å². The molecule has 0 saturated heterocycles. The van der Waals surface area contributed by atoms with Crippen molar-refractivity contribution in [3.63, 3.8) is 0 Å². The Labute approximate surface area is 171 Å². The maximum absolute atomic E-state index is 13.8.